The number of piperidine rings is 1. The van der Waals surface area contributed by atoms with E-state index in [0.717, 1.165) is 18.4 Å². The van der Waals surface area contributed by atoms with Gasteiger partial charge in [0.05, 0.1) is 19.0 Å². The molecule has 0 spiro atoms. The van der Waals surface area contributed by atoms with E-state index in [0.29, 0.717) is 24.3 Å². The number of nitrogens with one attached hydrogen (secondary N) is 1. The van der Waals surface area contributed by atoms with Gasteiger partial charge in [-0.25, -0.2) is 9.37 Å². The number of likely N-dealkylation sites (tertiary alicyclic amines) is 1. The normalized spacial score (nSPS) is 14.2. The second-order valence-corrected chi connectivity index (χ2v) is 8.58. The third-order valence-electron chi connectivity index (χ3n) is 6.28. The van der Waals surface area contributed by atoms with Gasteiger partial charge in [-0.15, -0.1) is 0 Å². The first-order valence-electron chi connectivity index (χ1n) is 11.2. The summed E-state index contributed by atoms with van der Waals surface area (Å²) < 4.78 is 34.9. The molecule has 1 saturated heterocycles. The zero-order chi connectivity index (χ0) is 25.3. The quantitative estimate of drug-likeness (QED) is 0.578. The van der Waals surface area contributed by atoms with E-state index in [4.69, 9.17) is 10.5 Å². The average molecular weight is 484 g/mol. The van der Waals surface area contributed by atoms with E-state index >= 15 is 0 Å². The van der Waals surface area contributed by atoms with Crippen LogP contribution in [-0.4, -0.2) is 52.5 Å². The first-order valence-corrected chi connectivity index (χ1v) is 11.2. The third-order valence-corrected chi connectivity index (χ3v) is 6.28. The van der Waals surface area contributed by atoms with Crippen LogP contribution in [0.3, 0.4) is 0 Å². The van der Waals surface area contributed by atoms with E-state index < -0.39 is 17.5 Å². The van der Waals surface area contributed by atoms with E-state index in [-0.39, 0.29) is 34.8 Å². The van der Waals surface area contributed by atoms with Crippen LogP contribution in [0, 0.1) is 18.6 Å². The fraction of sp³-hybridized carbons (Fsp3) is 0.320. The molecule has 0 saturated carbocycles. The summed E-state index contributed by atoms with van der Waals surface area (Å²) in [7, 11) is 2.79. The van der Waals surface area contributed by atoms with Gasteiger partial charge in [0.1, 0.15) is 0 Å². The van der Waals surface area contributed by atoms with Crippen molar-refractivity contribution >= 4 is 17.5 Å². The fourth-order valence-corrected chi connectivity index (χ4v) is 4.20. The van der Waals surface area contributed by atoms with Gasteiger partial charge in [0.2, 0.25) is 5.82 Å². The number of ether oxygens (including phenoxy) is 1. The van der Waals surface area contributed by atoms with E-state index in [9.17, 15) is 18.4 Å². The monoisotopic (exact) mass is 483 g/mol. The minimum atomic E-state index is -1.12. The van der Waals surface area contributed by atoms with Crippen LogP contribution in [-0.2, 0) is 7.05 Å². The molecule has 3 aromatic rings. The Balaban J connectivity index is 1.51. The first-order chi connectivity index (χ1) is 16.7. The molecule has 8 nitrogen and oxygen atoms in total. The Kier molecular flexibility index (Phi) is 6.83. The lowest BCUT2D eigenvalue weighted by molar-refractivity contribution is 0.0714. The largest absolute Gasteiger partial charge is 0.494 e. The zero-order valence-electron chi connectivity index (χ0n) is 19.8. The lowest BCUT2D eigenvalue weighted by atomic mass is 10.0. The van der Waals surface area contributed by atoms with Crippen molar-refractivity contribution in [1.29, 1.82) is 0 Å². The summed E-state index contributed by atoms with van der Waals surface area (Å²) >= 11 is 0. The second-order valence-electron chi connectivity index (χ2n) is 8.58. The van der Waals surface area contributed by atoms with Crippen LogP contribution >= 0.6 is 0 Å². The van der Waals surface area contributed by atoms with E-state index in [1.807, 2.05) is 0 Å². The van der Waals surface area contributed by atoms with Crippen LogP contribution in [0.2, 0.25) is 0 Å². The number of halogens is 2. The molecule has 10 heteroatoms. The number of nitrogens with two attached hydrogens (primary N) is 1. The van der Waals surface area contributed by atoms with E-state index in [1.54, 1.807) is 30.0 Å². The SMILES string of the molecule is COc1ccc(-c2cnc(C(=O)Nc3ccc(C(=O)N4CCC(N)CC4)c(C)c3)n2C)c(F)c1F. The maximum Gasteiger partial charge on any atom is 0.291 e. The number of aryl methyl sites for hydroxylation is 1. The van der Waals surface area contributed by atoms with Crippen LogP contribution in [0.1, 0.15) is 39.4 Å². The summed E-state index contributed by atoms with van der Waals surface area (Å²) in [5, 5.41) is 2.75. The highest BCUT2D eigenvalue weighted by Gasteiger charge is 2.24. The molecule has 2 amide bonds. The van der Waals surface area contributed by atoms with Crippen molar-refractivity contribution in [3.05, 3.63) is 65.1 Å². The van der Waals surface area contributed by atoms with Gasteiger partial charge in [-0.3, -0.25) is 9.59 Å². The number of benzene rings is 2. The molecule has 3 N–H and O–H groups in total. The number of nitrogens with zero attached hydrogens (tertiary/aromatic N) is 3. The number of carbonyl (C=O) groups is 2. The minimum absolute atomic E-state index is 0.0121. The summed E-state index contributed by atoms with van der Waals surface area (Å²) in [5.41, 5.74) is 7.88. The van der Waals surface area contributed by atoms with Gasteiger partial charge in [-0.05, 0) is 55.7 Å². The van der Waals surface area contributed by atoms with Gasteiger partial charge in [-0.2, -0.15) is 4.39 Å². The Bertz CT molecular complexity index is 1280. The van der Waals surface area contributed by atoms with Crippen molar-refractivity contribution in [3.63, 3.8) is 0 Å². The molecule has 4 rings (SSSR count). The van der Waals surface area contributed by atoms with Crippen LogP contribution < -0.4 is 15.8 Å². The molecule has 35 heavy (non-hydrogen) atoms. The molecule has 2 aromatic carbocycles. The minimum Gasteiger partial charge on any atom is -0.494 e. The molecular weight excluding hydrogens is 456 g/mol. The number of aromatic nitrogens is 2. The molecule has 2 heterocycles. The Labute approximate surface area is 201 Å². The molecule has 0 bridgehead atoms. The Morgan fingerprint density at radius 2 is 1.86 bits per heavy atom. The molecule has 184 valence electrons. The van der Waals surface area contributed by atoms with Crippen molar-refractivity contribution in [1.82, 2.24) is 14.5 Å². The highest BCUT2D eigenvalue weighted by molar-refractivity contribution is 6.03. The van der Waals surface area contributed by atoms with E-state index in [1.165, 1.54) is 37.1 Å². The smallest absolute Gasteiger partial charge is 0.291 e. The van der Waals surface area contributed by atoms with Crippen LogP contribution in [0.25, 0.3) is 11.3 Å². The first kappa shape index (κ1) is 24.3. The summed E-state index contributed by atoms with van der Waals surface area (Å²) in [4.78, 5) is 31.6. The zero-order valence-corrected chi connectivity index (χ0v) is 19.8. The highest BCUT2D eigenvalue weighted by Crippen LogP contribution is 2.30. The molecule has 1 aliphatic rings. The second kappa shape index (κ2) is 9.83. The molecule has 0 unspecified atom stereocenters. The summed E-state index contributed by atoms with van der Waals surface area (Å²) in [5.74, 6) is -3.00. The Morgan fingerprint density at radius 1 is 1.14 bits per heavy atom. The maximum absolute atomic E-state index is 14.5. The van der Waals surface area contributed by atoms with Gasteiger partial charge >= 0.3 is 0 Å². The van der Waals surface area contributed by atoms with Gasteiger partial charge in [0.25, 0.3) is 11.8 Å². The molecule has 1 aliphatic heterocycles. The number of amides is 2. The number of hydrogen-bond donors (Lipinski definition) is 2. The van der Waals surface area contributed by atoms with Gasteiger partial charge in [0, 0.05) is 43.0 Å². The molecule has 0 atom stereocenters. The highest BCUT2D eigenvalue weighted by atomic mass is 19.2. The third kappa shape index (κ3) is 4.74. The van der Waals surface area contributed by atoms with Crippen molar-refractivity contribution in [2.24, 2.45) is 12.8 Å². The van der Waals surface area contributed by atoms with Crippen molar-refractivity contribution in [3.8, 4) is 17.0 Å². The molecular formula is C25H27F2N5O3. The number of rotatable bonds is 5. The number of imidazole rings is 1. The summed E-state index contributed by atoms with van der Waals surface area (Å²) in [6, 6.07) is 7.85. The number of carbonyl (C=O) groups excluding carboxylic acids is 2. The van der Waals surface area contributed by atoms with Crippen LogP contribution in [0.15, 0.2) is 36.5 Å². The Hall–Kier alpha value is -3.79. The number of anilines is 1. The maximum atomic E-state index is 14.5. The van der Waals surface area contributed by atoms with E-state index in [2.05, 4.69) is 10.3 Å². The lowest BCUT2D eigenvalue weighted by Crippen LogP contribution is -2.43. The predicted molar refractivity (Wildman–Crippen MR) is 127 cm³/mol. The lowest BCUT2D eigenvalue weighted by Gasteiger charge is -2.30. The number of hydrogen-bond acceptors (Lipinski definition) is 5. The fourth-order valence-electron chi connectivity index (χ4n) is 4.20. The van der Waals surface area contributed by atoms with Crippen molar-refractivity contribution < 1.29 is 23.1 Å². The van der Waals surface area contributed by atoms with Gasteiger partial charge in [-0.1, -0.05) is 0 Å². The average Bonchev–Trinajstić information content (AvgIpc) is 3.22. The predicted octanol–water partition coefficient (Wildman–Crippen LogP) is 3.50. The van der Waals surface area contributed by atoms with Crippen LogP contribution in [0.4, 0.5) is 14.5 Å². The summed E-state index contributed by atoms with van der Waals surface area (Å²) in [6.45, 7) is 3.05. The molecule has 0 aliphatic carbocycles. The van der Waals surface area contributed by atoms with Crippen LogP contribution in [0.5, 0.6) is 5.75 Å². The van der Waals surface area contributed by atoms with Gasteiger partial charge < -0.3 is 25.3 Å². The molecule has 1 fully saturated rings. The topological polar surface area (TPSA) is 102 Å². The van der Waals surface area contributed by atoms with Crippen molar-refractivity contribution in [2.75, 3.05) is 25.5 Å². The standard InChI is InChI=1S/C25H27F2N5O3/c1-14-12-16(4-5-17(14)25(34)32-10-8-15(28)9-11-32)30-24(33)23-29-13-19(31(23)2)18-6-7-20(35-3)22(27)21(18)26/h4-7,12-13,15H,8-11,28H2,1-3H3,(H,30,33). The van der Waals surface area contributed by atoms with Gasteiger partial charge in [0.15, 0.2) is 17.4 Å². The molecule has 0 radical (unpaired) electrons. The number of methoxy groups -OCH3 is 1. The Morgan fingerprint density at radius 3 is 2.51 bits per heavy atom. The van der Waals surface area contributed by atoms with Crippen molar-refractivity contribution in [2.45, 2.75) is 25.8 Å². The molecule has 1 aromatic heterocycles. The summed E-state index contributed by atoms with van der Waals surface area (Å²) in [6.07, 6.45) is 2.85.